The van der Waals surface area contributed by atoms with Crippen molar-refractivity contribution in [2.24, 2.45) is 5.92 Å². The first-order valence-electron chi connectivity index (χ1n) is 9.30. The predicted octanol–water partition coefficient (Wildman–Crippen LogP) is 3.70. The molecule has 0 saturated carbocycles. The van der Waals surface area contributed by atoms with Crippen molar-refractivity contribution in [1.82, 2.24) is 15.2 Å². The van der Waals surface area contributed by atoms with Gasteiger partial charge in [-0.3, -0.25) is 5.32 Å². The van der Waals surface area contributed by atoms with Crippen LogP contribution in [0.4, 0.5) is 9.93 Å². The summed E-state index contributed by atoms with van der Waals surface area (Å²) < 4.78 is 5.22. The highest BCUT2D eigenvalue weighted by Gasteiger charge is 2.21. The second kappa shape index (κ2) is 8.71. The minimum absolute atomic E-state index is 0.0759. The molecule has 2 aromatic rings. The zero-order valence-electron chi connectivity index (χ0n) is 16.4. The number of methoxy groups -OCH3 is 1. The largest absolute Gasteiger partial charge is 0.497 e. The van der Waals surface area contributed by atoms with Crippen LogP contribution in [-0.2, 0) is 12.8 Å². The van der Waals surface area contributed by atoms with E-state index in [1.54, 1.807) is 18.4 Å². The van der Waals surface area contributed by atoms with E-state index in [0.717, 1.165) is 29.8 Å². The maximum atomic E-state index is 12.4. The Balaban J connectivity index is 1.58. The number of anilines is 1. The number of hydrogen-bond donors (Lipinski definition) is 2. The molecule has 0 saturated heterocycles. The van der Waals surface area contributed by atoms with Gasteiger partial charge in [0.25, 0.3) is 0 Å². The van der Waals surface area contributed by atoms with E-state index in [2.05, 4.69) is 27.4 Å². The first-order chi connectivity index (χ1) is 13.0. The van der Waals surface area contributed by atoms with Gasteiger partial charge in [0, 0.05) is 11.4 Å². The first kappa shape index (κ1) is 19.6. The van der Waals surface area contributed by atoms with Crippen LogP contribution < -0.4 is 15.4 Å². The van der Waals surface area contributed by atoms with E-state index in [-0.39, 0.29) is 12.1 Å². The quantitative estimate of drug-likeness (QED) is 0.792. The lowest BCUT2D eigenvalue weighted by Gasteiger charge is -2.25. The fourth-order valence-electron chi connectivity index (χ4n) is 3.35. The predicted molar refractivity (Wildman–Crippen MR) is 110 cm³/mol. The van der Waals surface area contributed by atoms with Gasteiger partial charge in [-0.1, -0.05) is 19.1 Å². The Bertz CT molecular complexity index is 773. The number of ether oxygens (including phenoxy) is 1. The van der Waals surface area contributed by atoms with Gasteiger partial charge >= 0.3 is 6.03 Å². The van der Waals surface area contributed by atoms with Gasteiger partial charge in [-0.05, 0) is 57.0 Å². The monoisotopic (exact) mass is 388 g/mol. The minimum atomic E-state index is -0.213. The number of nitrogens with zero attached hydrogens (tertiary/aromatic N) is 2. The van der Waals surface area contributed by atoms with Crippen LogP contribution >= 0.6 is 11.3 Å². The molecular formula is C20H28N4O2S. The summed E-state index contributed by atoms with van der Waals surface area (Å²) in [7, 11) is 5.66. The molecule has 3 rings (SSSR count). The first-order valence-corrected chi connectivity index (χ1v) is 10.1. The Morgan fingerprint density at radius 1 is 1.37 bits per heavy atom. The van der Waals surface area contributed by atoms with Crippen LogP contribution in [0.5, 0.6) is 5.75 Å². The summed E-state index contributed by atoms with van der Waals surface area (Å²) in [4.78, 5) is 20.3. The molecular weight excluding hydrogens is 360 g/mol. The zero-order chi connectivity index (χ0) is 19.4. The van der Waals surface area contributed by atoms with Gasteiger partial charge in [-0.25, -0.2) is 9.78 Å². The van der Waals surface area contributed by atoms with Crippen LogP contribution in [-0.4, -0.2) is 43.7 Å². The van der Waals surface area contributed by atoms with Gasteiger partial charge in [0.15, 0.2) is 5.13 Å². The van der Waals surface area contributed by atoms with Gasteiger partial charge in [-0.15, -0.1) is 11.3 Å². The van der Waals surface area contributed by atoms with Gasteiger partial charge in [0.1, 0.15) is 5.75 Å². The van der Waals surface area contributed by atoms with Gasteiger partial charge in [0.2, 0.25) is 0 Å². The number of aryl methyl sites for hydroxylation is 1. The Hall–Kier alpha value is -2.12. The normalized spacial score (nSPS) is 17.3. The fraction of sp³-hybridized carbons (Fsp3) is 0.500. The second-order valence-corrected chi connectivity index (χ2v) is 8.41. The van der Waals surface area contributed by atoms with Crippen molar-refractivity contribution < 1.29 is 9.53 Å². The molecule has 0 radical (unpaired) electrons. The molecule has 1 aromatic carbocycles. The molecule has 0 bridgehead atoms. The van der Waals surface area contributed by atoms with Crippen molar-refractivity contribution >= 4 is 22.5 Å². The van der Waals surface area contributed by atoms with Crippen molar-refractivity contribution in [3.8, 4) is 5.75 Å². The van der Waals surface area contributed by atoms with Gasteiger partial charge < -0.3 is 15.0 Å². The summed E-state index contributed by atoms with van der Waals surface area (Å²) >= 11 is 1.60. The van der Waals surface area contributed by atoms with E-state index in [1.807, 2.05) is 38.4 Å². The summed E-state index contributed by atoms with van der Waals surface area (Å²) in [5.74, 6) is 1.52. The molecule has 6 nitrogen and oxygen atoms in total. The van der Waals surface area contributed by atoms with Gasteiger partial charge in [-0.2, -0.15) is 0 Å². The molecule has 7 heteroatoms. The molecule has 0 fully saturated rings. The Kier molecular flexibility index (Phi) is 6.34. The van der Waals surface area contributed by atoms with E-state index < -0.39 is 0 Å². The molecule has 1 aromatic heterocycles. The number of nitrogens with one attached hydrogen (secondary N) is 2. The van der Waals surface area contributed by atoms with Crippen molar-refractivity contribution in [1.29, 1.82) is 0 Å². The SMILES string of the molecule is COc1ccc([C@H](CNC(=O)Nc2nc3c(s2)C[C@H](C)CC3)N(C)C)cc1. The van der Waals surface area contributed by atoms with Crippen LogP contribution in [0, 0.1) is 5.92 Å². The molecule has 1 heterocycles. The number of likely N-dealkylation sites (N-methyl/N-ethyl adjacent to an activating group) is 1. The fourth-order valence-corrected chi connectivity index (χ4v) is 4.51. The van der Waals surface area contributed by atoms with Crippen molar-refractivity contribution in [3.63, 3.8) is 0 Å². The summed E-state index contributed by atoms with van der Waals surface area (Å²) in [6.07, 6.45) is 3.25. The third-order valence-electron chi connectivity index (χ3n) is 4.99. The van der Waals surface area contributed by atoms with Crippen LogP contribution in [0.1, 0.15) is 35.5 Å². The highest BCUT2D eigenvalue weighted by Crippen LogP contribution is 2.32. The maximum Gasteiger partial charge on any atom is 0.321 e. The van der Waals surface area contributed by atoms with Crippen LogP contribution in [0.2, 0.25) is 0 Å². The summed E-state index contributed by atoms with van der Waals surface area (Å²) in [5, 5.41) is 6.56. The summed E-state index contributed by atoms with van der Waals surface area (Å²) in [6.45, 7) is 2.77. The van der Waals surface area contributed by atoms with Crippen LogP contribution in [0.25, 0.3) is 0 Å². The number of carbonyl (C=O) groups excluding carboxylic acids is 1. The number of fused-ring (bicyclic) bond motifs is 1. The standard InChI is InChI=1S/C20H28N4O2S/c1-13-5-10-16-18(11-13)27-20(22-16)23-19(25)21-12-17(24(2)3)14-6-8-15(26-4)9-7-14/h6-9,13,17H,5,10-12H2,1-4H3,(H2,21,22,23,25)/t13-,17+/m1/s1. The Morgan fingerprint density at radius 3 is 2.78 bits per heavy atom. The highest BCUT2D eigenvalue weighted by molar-refractivity contribution is 7.15. The number of thiazole rings is 1. The molecule has 0 aliphatic heterocycles. The number of rotatable bonds is 6. The number of hydrogen-bond acceptors (Lipinski definition) is 5. The molecule has 0 spiro atoms. The van der Waals surface area contributed by atoms with E-state index in [0.29, 0.717) is 17.6 Å². The number of amides is 2. The minimum Gasteiger partial charge on any atom is -0.497 e. The van der Waals surface area contributed by atoms with Crippen molar-refractivity contribution in [2.75, 3.05) is 33.1 Å². The van der Waals surface area contributed by atoms with Gasteiger partial charge in [0.05, 0.1) is 18.8 Å². The Morgan fingerprint density at radius 2 is 2.11 bits per heavy atom. The molecule has 1 aliphatic carbocycles. The molecule has 27 heavy (non-hydrogen) atoms. The lowest BCUT2D eigenvalue weighted by Crippen LogP contribution is -2.36. The third kappa shape index (κ3) is 4.99. The topological polar surface area (TPSA) is 66.5 Å². The molecule has 2 N–H and O–H groups in total. The number of aromatic nitrogens is 1. The second-order valence-electron chi connectivity index (χ2n) is 7.32. The molecule has 2 atom stereocenters. The average Bonchev–Trinajstić information content (AvgIpc) is 3.03. The molecule has 2 amide bonds. The smallest absolute Gasteiger partial charge is 0.321 e. The maximum absolute atomic E-state index is 12.4. The summed E-state index contributed by atoms with van der Waals surface area (Å²) in [6, 6.07) is 7.79. The Labute approximate surface area is 164 Å². The number of benzene rings is 1. The zero-order valence-corrected chi connectivity index (χ0v) is 17.2. The van der Waals surface area contributed by atoms with E-state index in [4.69, 9.17) is 4.74 Å². The highest BCUT2D eigenvalue weighted by atomic mass is 32.1. The number of carbonyl (C=O) groups is 1. The molecule has 1 aliphatic rings. The number of urea groups is 1. The average molecular weight is 389 g/mol. The lowest BCUT2D eigenvalue weighted by molar-refractivity contribution is 0.243. The molecule has 0 unspecified atom stereocenters. The molecule has 146 valence electrons. The van der Waals surface area contributed by atoms with E-state index >= 15 is 0 Å². The summed E-state index contributed by atoms with van der Waals surface area (Å²) in [5.41, 5.74) is 2.28. The van der Waals surface area contributed by atoms with E-state index in [9.17, 15) is 4.79 Å². The lowest BCUT2D eigenvalue weighted by atomic mass is 9.93. The van der Waals surface area contributed by atoms with E-state index in [1.165, 1.54) is 11.3 Å². The van der Waals surface area contributed by atoms with Crippen LogP contribution in [0.3, 0.4) is 0 Å². The van der Waals surface area contributed by atoms with Crippen molar-refractivity contribution in [3.05, 3.63) is 40.4 Å². The van der Waals surface area contributed by atoms with Crippen molar-refractivity contribution in [2.45, 2.75) is 32.2 Å². The van der Waals surface area contributed by atoms with Crippen LogP contribution in [0.15, 0.2) is 24.3 Å². The third-order valence-corrected chi connectivity index (χ3v) is 6.02.